The minimum Gasteiger partial charge on any atom is -0.360 e. The van der Waals surface area contributed by atoms with Gasteiger partial charge >= 0.3 is 0 Å². The van der Waals surface area contributed by atoms with Gasteiger partial charge in [0.05, 0.1) is 11.3 Å². The van der Waals surface area contributed by atoms with Crippen molar-refractivity contribution in [3.63, 3.8) is 0 Å². The fourth-order valence-corrected chi connectivity index (χ4v) is 4.10. The third-order valence-electron chi connectivity index (χ3n) is 4.58. The van der Waals surface area contributed by atoms with Crippen molar-refractivity contribution < 1.29 is 4.52 Å². The molecule has 0 fully saturated rings. The number of aromatic nitrogens is 2. The number of rotatable bonds is 4. The van der Waals surface area contributed by atoms with Crippen LogP contribution in [0.2, 0.25) is 0 Å². The Kier molecular flexibility index (Phi) is 4.54. The Morgan fingerprint density at radius 1 is 0.963 bits per heavy atom. The summed E-state index contributed by atoms with van der Waals surface area (Å²) in [5, 5.41) is 10.7. The smallest absolute Gasteiger partial charge is 0.187 e. The Hall–Kier alpha value is -2.92. The number of hydrogen-bond donors (Lipinski definition) is 1. The summed E-state index contributed by atoms with van der Waals surface area (Å²) in [4.78, 5) is 4.81. The number of thiazole rings is 1. The van der Waals surface area contributed by atoms with E-state index in [1.807, 2.05) is 42.6 Å². The summed E-state index contributed by atoms with van der Waals surface area (Å²) in [6, 6.07) is 14.4. The van der Waals surface area contributed by atoms with Crippen LogP contribution in [0.4, 0.5) is 10.8 Å². The van der Waals surface area contributed by atoms with E-state index in [9.17, 15) is 0 Å². The molecule has 4 rings (SSSR count). The molecule has 1 N–H and O–H groups in total. The lowest BCUT2D eigenvalue weighted by Crippen LogP contribution is -1.96. The zero-order valence-corrected chi connectivity index (χ0v) is 16.6. The van der Waals surface area contributed by atoms with E-state index in [0.29, 0.717) is 0 Å². The second-order valence-electron chi connectivity index (χ2n) is 6.77. The summed E-state index contributed by atoms with van der Waals surface area (Å²) < 4.78 is 5.48. The SMILES string of the molecule is Cc1cc(C)c(Nc2nc(-c3c(-c4ccccc4)noc3C)cs2)c(C)c1. The van der Waals surface area contributed by atoms with Gasteiger partial charge in [0, 0.05) is 16.6 Å². The van der Waals surface area contributed by atoms with Crippen LogP contribution in [0.1, 0.15) is 22.5 Å². The normalized spacial score (nSPS) is 11.0. The van der Waals surface area contributed by atoms with Gasteiger partial charge in [0.2, 0.25) is 0 Å². The van der Waals surface area contributed by atoms with E-state index in [2.05, 4.69) is 43.4 Å². The number of nitrogens with one attached hydrogen (secondary N) is 1. The van der Waals surface area contributed by atoms with Gasteiger partial charge in [0.1, 0.15) is 11.5 Å². The highest BCUT2D eigenvalue weighted by Crippen LogP contribution is 2.36. The van der Waals surface area contributed by atoms with Crippen LogP contribution in [0, 0.1) is 27.7 Å². The van der Waals surface area contributed by atoms with Gasteiger partial charge in [-0.2, -0.15) is 0 Å². The molecule has 2 heterocycles. The second kappa shape index (κ2) is 7.00. The molecule has 4 nitrogen and oxygen atoms in total. The van der Waals surface area contributed by atoms with Crippen LogP contribution in [0.3, 0.4) is 0 Å². The lowest BCUT2D eigenvalue weighted by atomic mass is 10.0. The highest BCUT2D eigenvalue weighted by molar-refractivity contribution is 7.14. The van der Waals surface area contributed by atoms with E-state index in [1.54, 1.807) is 11.3 Å². The fourth-order valence-electron chi connectivity index (χ4n) is 3.40. The van der Waals surface area contributed by atoms with E-state index in [4.69, 9.17) is 9.51 Å². The summed E-state index contributed by atoms with van der Waals surface area (Å²) in [7, 11) is 0. The maximum atomic E-state index is 5.48. The van der Waals surface area contributed by atoms with Gasteiger partial charge in [0.15, 0.2) is 5.13 Å². The molecule has 0 aliphatic heterocycles. The van der Waals surface area contributed by atoms with Crippen molar-refractivity contribution in [2.75, 3.05) is 5.32 Å². The largest absolute Gasteiger partial charge is 0.360 e. The summed E-state index contributed by atoms with van der Waals surface area (Å²) >= 11 is 1.59. The van der Waals surface area contributed by atoms with Crippen molar-refractivity contribution >= 4 is 22.2 Å². The molecule has 0 unspecified atom stereocenters. The number of nitrogens with zero attached hydrogens (tertiary/aromatic N) is 2. The number of anilines is 2. The van der Waals surface area contributed by atoms with Gasteiger partial charge in [-0.05, 0) is 38.8 Å². The first-order valence-electron chi connectivity index (χ1n) is 8.85. The third-order valence-corrected chi connectivity index (χ3v) is 5.34. The highest BCUT2D eigenvalue weighted by Gasteiger charge is 2.19. The summed E-state index contributed by atoms with van der Waals surface area (Å²) in [5.41, 5.74) is 8.50. The van der Waals surface area contributed by atoms with E-state index in [-0.39, 0.29) is 0 Å². The Morgan fingerprint density at radius 3 is 2.37 bits per heavy atom. The molecule has 0 saturated heterocycles. The van der Waals surface area contributed by atoms with Crippen molar-refractivity contribution in [1.29, 1.82) is 0 Å². The second-order valence-corrected chi connectivity index (χ2v) is 7.62. The van der Waals surface area contributed by atoms with E-state index in [1.165, 1.54) is 16.7 Å². The third kappa shape index (κ3) is 3.38. The number of aryl methyl sites for hydroxylation is 4. The Labute approximate surface area is 162 Å². The molecule has 5 heteroatoms. The molecule has 0 amide bonds. The molecule has 0 radical (unpaired) electrons. The first-order valence-corrected chi connectivity index (χ1v) is 9.73. The van der Waals surface area contributed by atoms with Crippen LogP contribution in [0.25, 0.3) is 22.5 Å². The molecule has 0 saturated carbocycles. The quantitative estimate of drug-likeness (QED) is 0.446. The molecule has 0 atom stereocenters. The van der Waals surface area contributed by atoms with Gasteiger partial charge in [-0.15, -0.1) is 11.3 Å². The van der Waals surface area contributed by atoms with Crippen molar-refractivity contribution in [2.24, 2.45) is 0 Å². The Bertz CT molecular complexity index is 1070. The minimum atomic E-state index is 0.772. The zero-order valence-electron chi connectivity index (χ0n) is 15.8. The standard InChI is InChI=1S/C22H21N3OS/c1-13-10-14(2)20(15(3)11-13)24-22-23-18(12-27-22)19-16(4)26-25-21(19)17-8-6-5-7-9-17/h5-12H,1-4H3,(H,23,24). The van der Waals surface area contributed by atoms with Crippen molar-refractivity contribution in [1.82, 2.24) is 10.1 Å². The number of hydrogen-bond acceptors (Lipinski definition) is 5. The predicted molar refractivity (Wildman–Crippen MR) is 112 cm³/mol. The lowest BCUT2D eigenvalue weighted by Gasteiger charge is -2.11. The average molecular weight is 375 g/mol. The van der Waals surface area contributed by atoms with Crippen molar-refractivity contribution in [2.45, 2.75) is 27.7 Å². The van der Waals surface area contributed by atoms with E-state index in [0.717, 1.165) is 39.1 Å². The van der Waals surface area contributed by atoms with Gasteiger partial charge in [-0.1, -0.05) is 53.2 Å². The zero-order chi connectivity index (χ0) is 19.0. The van der Waals surface area contributed by atoms with Gasteiger partial charge in [-0.25, -0.2) is 4.98 Å². The summed E-state index contributed by atoms with van der Waals surface area (Å²) in [6.07, 6.45) is 0. The fraction of sp³-hybridized carbons (Fsp3) is 0.182. The monoisotopic (exact) mass is 375 g/mol. The van der Waals surface area contributed by atoms with Crippen molar-refractivity contribution in [3.05, 3.63) is 70.3 Å². The minimum absolute atomic E-state index is 0.772. The van der Waals surface area contributed by atoms with Crippen LogP contribution in [-0.4, -0.2) is 10.1 Å². The van der Waals surface area contributed by atoms with Crippen LogP contribution in [-0.2, 0) is 0 Å². The first kappa shape index (κ1) is 17.5. The first-order chi connectivity index (χ1) is 13.0. The van der Waals surface area contributed by atoms with E-state index >= 15 is 0 Å². The highest BCUT2D eigenvalue weighted by atomic mass is 32.1. The molecule has 136 valence electrons. The Morgan fingerprint density at radius 2 is 1.67 bits per heavy atom. The molecule has 2 aromatic carbocycles. The molecule has 0 aliphatic carbocycles. The molecule has 4 aromatic rings. The van der Waals surface area contributed by atoms with E-state index < -0.39 is 0 Å². The van der Waals surface area contributed by atoms with Gasteiger partial charge in [0.25, 0.3) is 0 Å². The topological polar surface area (TPSA) is 51.0 Å². The molecular formula is C22H21N3OS. The number of benzene rings is 2. The maximum Gasteiger partial charge on any atom is 0.187 e. The summed E-state index contributed by atoms with van der Waals surface area (Å²) in [6.45, 7) is 8.28. The van der Waals surface area contributed by atoms with Gasteiger partial charge < -0.3 is 9.84 Å². The van der Waals surface area contributed by atoms with Crippen LogP contribution < -0.4 is 5.32 Å². The van der Waals surface area contributed by atoms with Crippen LogP contribution in [0.5, 0.6) is 0 Å². The van der Waals surface area contributed by atoms with Gasteiger partial charge in [-0.3, -0.25) is 0 Å². The molecule has 2 aromatic heterocycles. The molecular weight excluding hydrogens is 354 g/mol. The lowest BCUT2D eigenvalue weighted by molar-refractivity contribution is 0.400. The van der Waals surface area contributed by atoms with Crippen molar-refractivity contribution in [3.8, 4) is 22.5 Å². The van der Waals surface area contributed by atoms with Crippen LogP contribution >= 0.6 is 11.3 Å². The molecule has 0 bridgehead atoms. The average Bonchev–Trinajstić information content (AvgIpc) is 3.25. The summed E-state index contributed by atoms with van der Waals surface area (Å²) in [5.74, 6) is 0.772. The molecule has 0 aliphatic rings. The maximum absolute atomic E-state index is 5.48. The van der Waals surface area contributed by atoms with Crippen LogP contribution in [0.15, 0.2) is 52.4 Å². The predicted octanol–water partition coefficient (Wildman–Crippen LogP) is 6.44. The molecule has 0 spiro atoms. The molecule has 27 heavy (non-hydrogen) atoms. The Balaban J connectivity index is 1.70.